The Bertz CT molecular complexity index is 1700. The molecule has 3 rings (SSSR count). The lowest BCUT2D eigenvalue weighted by atomic mass is 10.0. The maximum atomic E-state index is 13.3. The minimum Gasteiger partial charge on any atom is -0.478 e. The second kappa shape index (κ2) is 16.5. The van der Waals surface area contributed by atoms with Gasteiger partial charge < -0.3 is 53.5 Å². The number of nitrogens with two attached hydrogens (primary N) is 4. The molecule has 3 amide bonds. The molecule has 3 heterocycles. The number of oxime groups is 1. The fraction of sp³-hybridized carbons (Fsp3) is 0.433. The highest BCUT2D eigenvalue weighted by Gasteiger charge is 2.54. The molecule has 0 bridgehead atoms. The Labute approximate surface area is 296 Å². The summed E-state index contributed by atoms with van der Waals surface area (Å²) < 4.78 is 0. The van der Waals surface area contributed by atoms with E-state index in [1.54, 1.807) is 17.1 Å². The number of nitrogen functional groups attached to an aromatic ring is 1. The standard InChI is InChI=1S/C30H42N10O8S2/c1-6-14(3)18(32)20(36-17(41)11-31)23(33)39(7-2)10-8-9-15-12-49-26-21(25(43)40(26)22(15)27(44)45)37-24(42)19(16-13-50-29(34)35-16)38-48-30(4,5)28(46)47/h8-9,13,21,26H,6-7,10-12,31-33H2,1-5H3,(H2,34,35)(H,36,41)(H,37,42)(H,44,45)(H,46,47)/b9-8+,18-14-,23-20+,38-19-/t21-,26?/m1/s1. The van der Waals surface area contributed by atoms with Gasteiger partial charge in [-0.2, -0.15) is 0 Å². The summed E-state index contributed by atoms with van der Waals surface area (Å²) in [5.41, 5.74) is 23.2. The van der Waals surface area contributed by atoms with Crippen LogP contribution in [0.2, 0.25) is 0 Å². The van der Waals surface area contributed by atoms with E-state index in [2.05, 4.69) is 20.8 Å². The number of carboxylic acids is 2. The topological polar surface area (TPSA) is 295 Å². The number of carbonyl (C=O) groups excluding carboxylic acids is 3. The zero-order chi connectivity index (χ0) is 37.5. The Balaban J connectivity index is 1.84. The van der Waals surface area contributed by atoms with Crippen molar-refractivity contribution in [2.75, 3.05) is 31.1 Å². The van der Waals surface area contributed by atoms with Gasteiger partial charge in [-0.3, -0.25) is 19.3 Å². The zero-order valence-electron chi connectivity index (χ0n) is 28.2. The van der Waals surface area contributed by atoms with Crippen LogP contribution in [-0.4, -0.2) is 103 Å². The van der Waals surface area contributed by atoms with Crippen LogP contribution in [0.25, 0.3) is 0 Å². The molecule has 2 aliphatic rings. The number of amides is 3. The number of carbonyl (C=O) groups is 5. The van der Waals surface area contributed by atoms with E-state index in [0.717, 1.165) is 21.8 Å². The lowest BCUT2D eigenvalue weighted by Crippen LogP contribution is -2.71. The number of aliphatic carboxylic acids is 2. The minimum atomic E-state index is -1.79. The number of hydrogen-bond donors (Lipinski definition) is 8. The number of fused-ring (bicyclic) bond motifs is 1. The molecule has 2 aliphatic heterocycles. The Morgan fingerprint density at radius 1 is 1.24 bits per heavy atom. The lowest BCUT2D eigenvalue weighted by Gasteiger charge is -2.49. The quantitative estimate of drug-likeness (QED) is 0.0471. The second-order valence-corrected chi connectivity index (χ2v) is 13.5. The van der Waals surface area contributed by atoms with Crippen LogP contribution in [0, 0.1) is 0 Å². The lowest BCUT2D eigenvalue weighted by molar-refractivity contribution is -0.161. The number of thiazole rings is 1. The summed E-state index contributed by atoms with van der Waals surface area (Å²) in [6.07, 6.45) is 3.87. The first kappa shape index (κ1) is 39.4. The van der Waals surface area contributed by atoms with Gasteiger partial charge >= 0.3 is 11.9 Å². The molecule has 1 saturated heterocycles. The van der Waals surface area contributed by atoms with E-state index in [-0.39, 0.29) is 46.9 Å². The first-order valence-electron chi connectivity index (χ1n) is 15.3. The average molecular weight is 735 g/mol. The number of carboxylic acid groups (broad SMARTS) is 2. The third kappa shape index (κ3) is 8.74. The molecule has 1 unspecified atom stereocenters. The molecule has 272 valence electrons. The summed E-state index contributed by atoms with van der Waals surface area (Å²) in [6.45, 7) is 8.35. The summed E-state index contributed by atoms with van der Waals surface area (Å²) in [6, 6.07) is -1.13. The van der Waals surface area contributed by atoms with Gasteiger partial charge in [-0.1, -0.05) is 24.2 Å². The predicted molar refractivity (Wildman–Crippen MR) is 188 cm³/mol. The Morgan fingerprint density at radius 3 is 2.46 bits per heavy atom. The monoisotopic (exact) mass is 734 g/mol. The molecule has 50 heavy (non-hydrogen) atoms. The highest BCUT2D eigenvalue weighted by molar-refractivity contribution is 8.00. The van der Waals surface area contributed by atoms with Gasteiger partial charge in [-0.05, 0) is 45.3 Å². The number of aromatic nitrogens is 1. The van der Waals surface area contributed by atoms with Crippen molar-refractivity contribution in [2.24, 2.45) is 22.4 Å². The molecule has 1 aromatic heterocycles. The van der Waals surface area contributed by atoms with E-state index in [4.69, 9.17) is 27.8 Å². The van der Waals surface area contributed by atoms with Crippen LogP contribution < -0.4 is 33.6 Å². The van der Waals surface area contributed by atoms with Crippen LogP contribution >= 0.6 is 23.1 Å². The molecule has 0 aliphatic carbocycles. The molecule has 1 aromatic rings. The van der Waals surface area contributed by atoms with E-state index in [1.807, 2.05) is 20.8 Å². The summed E-state index contributed by atoms with van der Waals surface area (Å²) in [4.78, 5) is 74.6. The van der Waals surface area contributed by atoms with Gasteiger partial charge in [-0.15, -0.1) is 23.1 Å². The van der Waals surface area contributed by atoms with Crippen molar-refractivity contribution in [1.82, 2.24) is 25.4 Å². The number of anilines is 1. The van der Waals surface area contributed by atoms with Gasteiger partial charge in [0.2, 0.25) is 11.5 Å². The summed E-state index contributed by atoms with van der Waals surface area (Å²) >= 11 is 2.23. The number of nitrogens with zero attached hydrogens (tertiary/aromatic N) is 4. The van der Waals surface area contributed by atoms with Gasteiger partial charge in [-0.25, -0.2) is 14.6 Å². The molecule has 0 saturated carbocycles. The van der Waals surface area contributed by atoms with Gasteiger partial charge in [0.25, 0.3) is 11.8 Å². The van der Waals surface area contributed by atoms with Crippen molar-refractivity contribution in [3.8, 4) is 0 Å². The Hall–Kier alpha value is -5.08. The molecular weight excluding hydrogens is 693 g/mol. The normalized spacial score (nSPS) is 18.9. The van der Waals surface area contributed by atoms with Gasteiger partial charge in [0, 0.05) is 24.2 Å². The number of rotatable bonds is 16. The van der Waals surface area contributed by atoms with Gasteiger partial charge in [0.05, 0.1) is 12.2 Å². The maximum Gasteiger partial charge on any atom is 0.352 e. The van der Waals surface area contributed by atoms with E-state index in [1.165, 1.54) is 31.0 Å². The molecule has 12 N–H and O–H groups in total. The fourth-order valence-corrected chi connectivity index (χ4v) is 6.39. The van der Waals surface area contributed by atoms with Crippen LogP contribution in [0.1, 0.15) is 46.7 Å². The largest absolute Gasteiger partial charge is 0.478 e. The Morgan fingerprint density at radius 2 is 1.92 bits per heavy atom. The number of nitrogens with one attached hydrogen (secondary N) is 2. The number of β-lactam (4-membered cyclic amide) rings is 1. The molecular formula is C30H42N10O8S2. The van der Waals surface area contributed by atoms with Crippen LogP contribution in [0.15, 0.2) is 56.7 Å². The maximum absolute atomic E-state index is 13.3. The molecule has 20 heteroatoms. The van der Waals surface area contributed by atoms with Crippen molar-refractivity contribution < 1.29 is 39.0 Å². The smallest absolute Gasteiger partial charge is 0.352 e. The average Bonchev–Trinajstić information content (AvgIpc) is 3.51. The third-order valence-corrected chi connectivity index (χ3v) is 9.66. The van der Waals surface area contributed by atoms with Crippen LogP contribution in [0.4, 0.5) is 5.13 Å². The first-order chi connectivity index (χ1) is 23.5. The van der Waals surface area contributed by atoms with Gasteiger partial charge in [0.1, 0.15) is 34.3 Å². The van der Waals surface area contributed by atoms with E-state index < -0.39 is 52.4 Å². The number of thioether (sulfide) groups is 1. The van der Waals surface area contributed by atoms with Gasteiger partial charge in [0.15, 0.2) is 10.8 Å². The number of hydrogen-bond acceptors (Lipinski definition) is 15. The summed E-state index contributed by atoms with van der Waals surface area (Å²) in [5, 5.41) is 29.2. The predicted octanol–water partition coefficient (Wildman–Crippen LogP) is -0.229. The first-order valence-corrected chi connectivity index (χ1v) is 17.2. The van der Waals surface area contributed by atoms with Crippen LogP contribution in [-0.2, 0) is 28.8 Å². The van der Waals surface area contributed by atoms with Crippen molar-refractivity contribution in [1.29, 1.82) is 0 Å². The van der Waals surface area contributed by atoms with Crippen LogP contribution in [0.3, 0.4) is 0 Å². The third-order valence-electron chi connectivity index (χ3n) is 7.68. The fourth-order valence-electron chi connectivity index (χ4n) is 4.52. The second-order valence-electron chi connectivity index (χ2n) is 11.5. The molecule has 18 nitrogen and oxygen atoms in total. The highest BCUT2D eigenvalue weighted by Crippen LogP contribution is 2.40. The zero-order valence-corrected chi connectivity index (χ0v) is 29.8. The number of likely N-dealkylation sites (N-methyl/N-ethyl adjacent to an activating group) is 1. The summed E-state index contributed by atoms with van der Waals surface area (Å²) in [7, 11) is 0. The van der Waals surface area contributed by atoms with Crippen molar-refractivity contribution in [3.05, 3.63) is 57.3 Å². The molecule has 1 fully saturated rings. The molecule has 0 spiro atoms. The summed E-state index contributed by atoms with van der Waals surface area (Å²) in [5.74, 6) is -4.38. The van der Waals surface area contributed by atoms with E-state index in [9.17, 15) is 34.2 Å². The van der Waals surface area contributed by atoms with Crippen molar-refractivity contribution in [2.45, 2.75) is 58.1 Å². The SMILES string of the molecule is CC/C(C)=C(N)/C(NC(=O)CN)=C(/N)N(CC)C/C=C/C1=C(C(=O)O)N2C(=O)[C@@H](NC(=O)/C(=N\OC(C)(C)C(=O)O)c3csc(N)n3)C2SC1. The number of allylic oxidation sites excluding steroid dienone is 2. The van der Waals surface area contributed by atoms with Crippen LogP contribution in [0.5, 0.6) is 0 Å². The van der Waals surface area contributed by atoms with Crippen molar-refractivity contribution >= 4 is 63.6 Å². The van der Waals surface area contributed by atoms with E-state index in [0.29, 0.717) is 24.2 Å². The van der Waals surface area contributed by atoms with E-state index >= 15 is 0 Å². The molecule has 0 aromatic carbocycles. The molecule has 2 atom stereocenters. The molecule has 0 radical (unpaired) electrons. The highest BCUT2D eigenvalue weighted by atomic mass is 32.2. The Kier molecular flexibility index (Phi) is 13.0. The van der Waals surface area contributed by atoms with Crippen molar-refractivity contribution in [3.63, 3.8) is 0 Å². The minimum absolute atomic E-state index is 0.00523.